The summed E-state index contributed by atoms with van der Waals surface area (Å²) in [4.78, 5) is 18.8. The molecule has 4 aliphatic rings. The summed E-state index contributed by atoms with van der Waals surface area (Å²) in [6.07, 6.45) is 9.97. The van der Waals surface area contributed by atoms with Crippen LogP contribution >= 0.6 is 0 Å². The van der Waals surface area contributed by atoms with E-state index in [2.05, 4.69) is 21.3 Å². The SMILES string of the molecule is N#CC1=CCC2=NC(=O)C(=C3C=CC(CN4CCOCC4)=CN3)C2=C1. The molecule has 1 N–H and O–H groups in total. The number of amides is 1. The van der Waals surface area contributed by atoms with Gasteiger partial charge >= 0.3 is 0 Å². The van der Waals surface area contributed by atoms with Crippen LogP contribution < -0.4 is 5.32 Å². The number of nitrogens with one attached hydrogen (secondary N) is 1. The first-order valence-corrected chi connectivity index (χ1v) is 8.37. The minimum Gasteiger partial charge on any atom is -0.379 e. The van der Waals surface area contributed by atoms with Gasteiger partial charge in [-0.1, -0.05) is 12.2 Å². The van der Waals surface area contributed by atoms with E-state index in [0.717, 1.165) is 55.4 Å². The molecule has 0 atom stereocenters. The first-order valence-electron chi connectivity index (χ1n) is 8.37. The zero-order chi connectivity index (χ0) is 17.2. The number of nitrogens with zero attached hydrogens (tertiary/aromatic N) is 3. The summed E-state index contributed by atoms with van der Waals surface area (Å²) in [6.45, 7) is 4.28. The van der Waals surface area contributed by atoms with Crippen LogP contribution in [0.2, 0.25) is 0 Å². The minimum atomic E-state index is -0.244. The first kappa shape index (κ1) is 15.8. The second-order valence-electron chi connectivity index (χ2n) is 6.27. The van der Waals surface area contributed by atoms with E-state index >= 15 is 0 Å². The maximum atomic E-state index is 12.3. The Balaban J connectivity index is 1.54. The van der Waals surface area contributed by atoms with Gasteiger partial charge in [-0.25, -0.2) is 4.99 Å². The van der Waals surface area contributed by atoms with Crippen LogP contribution in [0.25, 0.3) is 0 Å². The fourth-order valence-corrected chi connectivity index (χ4v) is 3.30. The topological polar surface area (TPSA) is 77.7 Å². The first-order chi connectivity index (χ1) is 12.2. The molecule has 4 rings (SSSR count). The number of nitriles is 1. The summed E-state index contributed by atoms with van der Waals surface area (Å²) in [5.41, 5.74) is 4.53. The molecule has 1 aliphatic carbocycles. The van der Waals surface area contributed by atoms with Gasteiger partial charge in [0.05, 0.1) is 36.3 Å². The molecule has 0 aromatic rings. The predicted molar refractivity (Wildman–Crippen MR) is 93.5 cm³/mol. The predicted octanol–water partition coefficient (Wildman–Crippen LogP) is 1.38. The van der Waals surface area contributed by atoms with E-state index in [1.165, 1.54) is 0 Å². The third-order valence-electron chi connectivity index (χ3n) is 4.63. The third-order valence-corrected chi connectivity index (χ3v) is 4.63. The quantitative estimate of drug-likeness (QED) is 0.772. The molecule has 3 heterocycles. The Bertz CT molecular complexity index is 843. The van der Waals surface area contributed by atoms with Gasteiger partial charge in [0.15, 0.2) is 0 Å². The number of carbonyl (C=O) groups excluding carboxylic acids is 1. The summed E-state index contributed by atoms with van der Waals surface area (Å²) in [5, 5.41) is 12.3. The zero-order valence-electron chi connectivity index (χ0n) is 13.8. The molecule has 6 nitrogen and oxygen atoms in total. The summed E-state index contributed by atoms with van der Waals surface area (Å²) in [5.74, 6) is -0.244. The maximum Gasteiger partial charge on any atom is 0.280 e. The number of rotatable bonds is 2. The van der Waals surface area contributed by atoms with Crippen molar-refractivity contribution < 1.29 is 9.53 Å². The average molecular weight is 334 g/mol. The van der Waals surface area contributed by atoms with Crippen molar-refractivity contribution in [2.75, 3.05) is 32.8 Å². The molecule has 0 radical (unpaired) electrons. The van der Waals surface area contributed by atoms with E-state index in [-0.39, 0.29) is 5.91 Å². The van der Waals surface area contributed by atoms with Crippen molar-refractivity contribution in [2.24, 2.45) is 4.99 Å². The summed E-state index contributed by atoms with van der Waals surface area (Å²) >= 11 is 0. The molecule has 6 heteroatoms. The number of hydrogen-bond donors (Lipinski definition) is 1. The smallest absolute Gasteiger partial charge is 0.280 e. The Morgan fingerprint density at radius 3 is 2.88 bits per heavy atom. The van der Waals surface area contributed by atoms with E-state index in [4.69, 9.17) is 10.00 Å². The van der Waals surface area contributed by atoms with E-state index in [1.807, 2.05) is 18.4 Å². The standard InChI is InChI=1S/C19H18N4O2/c20-10-13-1-3-16-15(9-13)18(19(24)22-16)17-4-2-14(11-21-17)12-23-5-7-25-8-6-23/h1-2,4,9,11,21H,3,5-8,12H2. The Hall–Kier alpha value is -2.75. The van der Waals surface area contributed by atoms with Crippen molar-refractivity contribution in [2.45, 2.75) is 6.42 Å². The number of fused-ring (bicyclic) bond motifs is 1. The van der Waals surface area contributed by atoms with Gasteiger partial charge in [0, 0.05) is 43.4 Å². The lowest BCUT2D eigenvalue weighted by atomic mass is 9.92. The molecule has 0 spiro atoms. The molecule has 0 bridgehead atoms. The molecule has 1 amide bonds. The highest BCUT2D eigenvalue weighted by Crippen LogP contribution is 2.31. The van der Waals surface area contributed by atoms with E-state index < -0.39 is 0 Å². The lowest BCUT2D eigenvalue weighted by Crippen LogP contribution is -2.37. The lowest BCUT2D eigenvalue weighted by Gasteiger charge is -2.27. The van der Waals surface area contributed by atoms with Crippen LogP contribution in [-0.2, 0) is 9.53 Å². The fraction of sp³-hybridized carbons (Fsp3) is 0.316. The second-order valence-corrected chi connectivity index (χ2v) is 6.27. The normalized spacial score (nSPS) is 26.1. The molecule has 1 fully saturated rings. The van der Waals surface area contributed by atoms with E-state index in [9.17, 15) is 4.79 Å². The van der Waals surface area contributed by atoms with Gasteiger partial charge in [-0.15, -0.1) is 0 Å². The van der Waals surface area contributed by atoms with Gasteiger partial charge in [0.25, 0.3) is 5.91 Å². The number of morpholine rings is 1. The van der Waals surface area contributed by atoms with Crippen molar-refractivity contribution in [3.63, 3.8) is 0 Å². The molecule has 0 unspecified atom stereocenters. The van der Waals surface area contributed by atoms with Gasteiger partial charge in [0.2, 0.25) is 0 Å². The molecular formula is C19H18N4O2. The van der Waals surface area contributed by atoms with Crippen LogP contribution in [0.3, 0.4) is 0 Å². The molecule has 0 aromatic carbocycles. The molecule has 3 aliphatic heterocycles. The average Bonchev–Trinajstić information content (AvgIpc) is 2.98. The van der Waals surface area contributed by atoms with E-state index in [1.54, 1.807) is 12.2 Å². The second kappa shape index (κ2) is 6.63. The molecule has 1 saturated heterocycles. The summed E-state index contributed by atoms with van der Waals surface area (Å²) in [6, 6.07) is 2.14. The Morgan fingerprint density at radius 1 is 1.32 bits per heavy atom. The van der Waals surface area contributed by atoms with Crippen LogP contribution in [-0.4, -0.2) is 49.4 Å². The number of ether oxygens (including phenoxy) is 1. The molecule has 25 heavy (non-hydrogen) atoms. The van der Waals surface area contributed by atoms with Gasteiger partial charge in [0.1, 0.15) is 0 Å². The monoisotopic (exact) mass is 334 g/mol. The van der Waals surface area contributed by atoms with Gasteiger partial charge in [-0.2, -0.15) is 5.26 Å². The Kier molecular flexibility index (Phi) is 4.18. The van der Waals surface area contributed by atoms with Crippen molar-refractivity contribution in [3.05, 3.63) is 58.5 Å². The number of dihydropyridines is 1. The van der Waals surface area contributed by atoms with Gasteiger partial charge in [-0.3, -0.25) is 9.69 Å². The summed E-state index contributed by atoms with van der Waals surface area (Å²) in [7, 11) is 0. The fourth-order valence-electron chi connectivity index (χ4n) is 3.30. The number of allylic oxidation sites excluding steroid dienone is 4. The van der Waals surface area contributed by atoms with Gasteiger partial charge in [-0.05, 0) is 17.7 Å². The zero-order valence-corrected chi connectivity index (χ0v) is 13.8. The van der Waals surface area contributed by atoms with Crippen molar-refractivity contribution in [1.29, 1.82) is 5.26 Å². The third kappa shape index (κ3) is 3.12. The van der Waals surface area contributed by atoms with Crippen molar-refractivity contribution >= 4 is 11.6 Å². The number of hydrogen-bond acceptors (Lipinski definition) is 5. The van der Waals surface area contributed by atoms with Gasteiger partial charge < -0.3 is 10.1 Å². The van der Waals surface area contributed by atoms with Crippen molar-refractivity contribution in [3.8, 4) is 6.07 Å². The van der Waals surface area contributed by atoms with Crippen molar-refractivity contribution in [1.82, 2.24) is 10.2 Å². The van der Waals surface area contributed by atoms with Crippen LogP contribution in [0.1, 0.15) is 6.42 Å². The number of aliphatic imine (C=N–C) groups is 1. The Labute approximate surface area is 146 Å². The highest BCUT2D eigenvalue weighted by Gasteiger charge is 2.31. The molecule has 0 saturated carbocycles. The number of carbonyl (C=O) groups is 1. The highest BCUT2D eigenvalue weighted by atomic mass is 16.5. The summed E-state index contributed by atoms with van der Waals surface area (Å²) < 4.78 is 5.37. The maximum absolute atomic E-state index is 12.3. The van der Waals surface area contributed by atoms with E-state index in [0.29, 0.717) is 17.6 Å². The van der Waals surface area contributed by atoms with Crippen LogP contribution in [0.4, 0.5) is 0 Å². The molecule has 126 valence electrons. The Morgan fingerprint density at radius 2 is 2.16 bits per heavy atom. The highest BCUT2D eigenvalue weighted by molar-refractivity contribution is 6.26. The van der Waals surface area contributed by atoms with Crippen LogP contribution in [0, 0.1) is 11.3 Å². The van der Waals surface area contributed by atoms with Crippen LogP contribution in [0.5, 0.6) is 0 Å². The lowest BCUT2D eigenvalue weighted by molar-refractivity contribution is -0.113. The molecule has 0 aromatic heterocycles. The molecular weight excluding hydrogens is 316 g/mol. The van der Waals surface area contributed by atoms with Crippen LogP contribution in [0.15, 0.2) is 63.5 Å². The largest absolute Gasteiger partial charge is 0.379 e. The minimum absolute atomic E-state index is 0.244.